The Morgan fingerprint density at radius 1 is 1.14 bits per heavy atom. The number of phenols is 1. The number of carboxylic acids is 1. The van der Waals surface area contributed by atoms with E-state index >= 15 is 0 Å². The molecule has 0 bridgehead atoms. The fourth-order valence-electron chi connectivity index (χ4n) is 4.48. The highest BCUT2D eigenvalue weighted by Gasteiger charge is 2.27. The minimum atomic E-state index is -0.747. The normalized spacial score (nSPS) is 17.4. The zero-order valence-electron chi connectivity index (χ0n) is 19.7. The molecule has 3 N–H and O–H groups in total. The van der Waals surface area contributed by atoms with Crippen molar-refractivity contribution in [1.82, 2.24) is 4.98 Å². The molecule has 1 heterocycles. The van der Waals surface area contributed by atoms with Gasteiger partial charge in [0.05, 0.1) is 18.7 Å². The Hall–Kier alpha value is -4.00. The average molecular weight is 475 g/mol. The second kappa shape index (κ2) is 11.0. The number of hydrogen-bond acceptors (Lipinski definition) is 6. The molecule has 0 aliphatic heterocycles. The van der Waals surface area contributed by atoms with Crippen molar-refractivity contribution in [1.29, 1.82) is 0 Å². The molecule has 35 heavy (non-hydrogen) atoms. The van der Waals surface area contributed by atoms with E-state index in [0.29, 0.717) is 36.7 Å². The molecule has 1 saturated carbocycles. The quantitative estimate of drug-likeness (QED) is 0.340. The first kappa shape index (κ1) is 24.1. The fourth-order valence-corrected chi connectivity index (χ4v) is 4.48. The number of para-hydroxylation sites is 1. The van der Waals surface area contributed by atoms with Gasteiger partial charge >= 0.3 is 5.97 Å². The van der Waals surface area contributed by atoms with Crippen LogP contribution in [0.4, 0.5) is 5.82 Å². The number of aliphatic carboxylic acids is 1. The number of nitrogens with one attached hydrogen (secondary N) is 1. The zero-order valence-corrected chi connectivity index (χ0v) is 19.7. The van der Waals surface area contributed by atoms with E-state index in [9.17, 15) is 15.0 Å². The number of rotatable bonds is 9. The molecular formula is C28H30N2O5. The van der Waals surface area contributed by atoms with Crippen LogP contribution in [0, 0.1) is 5.92 Å². The van der Waals surface area contributed by atoms with Gasteiger partial charge in [-0.2, -0.15) is 0 Å². The van der Waals surface area contributed by atoms with E-state index in [-0.39, 0.29) is 17.7 Å². The number of aromatic nitrogens is 1. The van der Waals surface area contributed by atoms with Crippen LogP contribution in [-0.2, 0) is 4.79 Å². The van der Waals surface area contributed by atoms with Gasteiger partial charge in [0.2, 0.25) is 0 Å². The third-order valence-corrected chi connectivity index (χ3v) is 6.23. The molecule has 2 atom stereocenters. The van der Waals surface area contributed by atoms with E-state index in [1.165, 1.54) is 7.11 Å². The van der Waals surface area contributed by atoms with Crippen molar-refractivity contribution >= 4 is 11.8 Å². The van der Waals surface area contributed by atoms with Crippen LogP contribution in [0.2, 0.25) is 0 Å². The monoisotopic (exact) mass is 474 g/mol. The molecule has 1 aliphatic rings. The predicted molar refractivity (Wildman–Crippen MR) is 136 cm³/mol. The lowest BCUT2D eigenvalue weighted by Gasteiger charge is -2.28. The molecule has 0 radical (unpaired) electrons. The van der Waals surface area contributed by atoms with E-state index in [1.807, 2.05) is 36.4 Å². The second-order valence-corrected chi connectivity index (χ2v) is 8.65. The molecule has 2 aromatic carbocycles. The zero-order chi connectivity index (χ0) is 24.8. The van der Waals surface area contributed by atoms with Gasteiger partial charge in [0.15, 0.2) is 11.5 Å². The number of pyridine rings is 1. The first-order chi connectivity index (χ1) is 17.0. The van der Waals surface area contributed by atoms with E-state index < -0.39 is 5.97 Å². The molecule has 1 fully saturated rings. The highest BCUT2D eigenvalue weighted by molar-refractivity contribution is 5.78. The molecular weight excluding hydrogens is 444 g/mol. The van der Waals surface area contributed by atoms with Crippen LogP contribution in [0.1, 0.15) is 25.7 Å². The van der Waals surface area contributed by atoms with Crippen LogP contribution in [-0.4, -0.2) is 40.9 Å². The van der Waals surface area contributed by atoms with Gasteiger partial charge in [-0.25, -0.2) is 4.98 Å². The van der Waals surface area contributed by atoms with Crippen LogP contribution < -0.4 is 14.8 Å². The Balaban J connectivity index is 1.76. The molecule has 3 aromatic rings. The number of carboxylic acid groups (broad SMARTS) is 1. The topological polar surface area (TPSA) is 101 Å². The van der Waals surface area contributed by atoms with E-state index in [0.717, 1.165) is 35.3 Å². The number of carbonyl (C=O) groups is 1. The van der Waals surface area contributed by atoms with Gasteiger partial charge in [0.25, 0.3) is 0 Å². The van der Waals surface area contributed by atoms with Gasteiger partial charge in [0, 0.05) is 17.2 Å². The third-order valence-electron chi connectivity index (χ3n) is 6.23. The summed E-state index contributed by atoms with van der Waals surface area (Å²) in [7, 11) is 1.50. The number of nitrogens with zero attached hydrogens (tertiary/aromatic N) is 1. The number of hydrogen-bond donors (Lipinski definition) is 3. The molecule has 2 unspecified atom stereocenters. The highest BCUT2D eigenvalue weighted by Crippen LogP contribution is 2.37. The van der Waals surface area contributed by atoms with Crippen LogP contribution in [0.15, 0.2) is 67.3 Å². The van der Waals surface area contributed by atoms with Crippen molar-refractivity contribution in [3.05, 3.63) is 67.3 Å². The lowest BCUT2D eigenvalue weighted by molar-refractivity contribution is -0.142. The average Bonchev–Trinajstić information content (AvgIpc) is 2.88. The van der Waals surface area contributed by atoms with Crippen LogP contribution >= 0.6 is 0 Å². The Kier molecular flexibility index (Phi) is 7.55. The van der Waals surface area contributed by atoms with Crippen molar-refractivity contribution in [2.24, 2.45) is 5.92 Å². The number of aromatic hydroxyl groups is 1. The molecule has 1 aliphatic carbocycles. The van der Waals surface area contributed by atoms with E-state index in [4.69, 9.17) is 14.5 Å². The molecule has 182 valence electrons. The first-order valence-corrected chi connectivity index (χ1v) is 11.7. The van der Waals surface area contributed by atoms with Crippen molar-refractivity contribution < 1.29 is 24.5 Å². The lowest BCUT2D eigenvalue weighted by atomic mass is 9.86. The van der Waals surface area contributed by atoms with Crippen LogP contribution in [0.5, 0.6) is 17.2 Å². The third kappa shape index (κ3) is 5.74. The molecule has 0 amide bonds. The molecule has 0 saturated heterocycles. The molecule has 1 aromatic heterocycles. The van der Waals surface area contributed by atoms with Crippen molar-refractivity contribution in [3.8, 4) is 39.6 Å². The van der Waals surface area contributed by atoms with Crippen LogP contribution in [0.25, 0.3) is 22.4 Å². The second-order valence-electron chi connectivity index (χ2n) is 8.65. The fraction of sp³-hybridized carbons (Fsp3) is 0.286. The number of ether oxygens (including phenoxy) is 2. The van der Waals surface area contributed by atoms with Gasteiger partial charge in [0.1, 0.15) is 18.2 Å². The minimum Gasteiger partial charge on any atom is -0.504 e. The summed E-state index contributed by atoms with van der Waals surface area (Å²) in [4.78, 5) is 16.4. The maximum Gasteiger partial charge on any atom is 0.306 e. The number of phenolic OH excluding ortho intramolecular Hbond substituents is 1. The Labute approximate surface area is 205 Å². The summed E-state index contributed by atoms with van der Waals surface area (Å²) in [6, 6.07) is 16.8. The Bertz CT molecular complexity index is 1210. The van der Waals surface area contributed by atoms with Crippen LogP contribution in [0.3, 0.4) is 0 Å². The molecule has 4 rings (SSSR count). The van der Waals surface area contributed by atoms with Crippen molar-refractivity contribution in [2.75, 3.05) is 19.0 Å². The van der Waals surface area contributed by atoms with Gasteiger partial charge in [-0.05, 0) is 61.2 Å². The van der Waals surface area contributed by atoms with Crippen molar-refractivity contribution in [2.45, 2.75) is 31.7 Å². The number of methoxy groups -OCH3 is 1. The number of benzene rings is 2. The molecule has 7 heteroatoms. The first-order valence-electron chi connectivity index (χ1n) is 11.7. The lowest BCUT2D eigenvalue weighted by Crippen LogP contribution is -2.31. The summed E-state index contributed by atoms with van der Waals surface area (Å²) < 4.78 is 11.2. The smallest absolute Gasteiger partial charge is 0.306 e. The van der Waals surface area contributed by atoms with E-state index in [2.05, 4.69) is 11.9 Å². The molecule has 0 spiro atoms. The molecule has 7 nitrogen and oxygen atoms in total. The summed E-state index contributed by atoms with van der Waals surface area (Å²) in [5.74, 6) is 0.689. The largest absolute Gasteiger partial charge is 0.504 e. The summed E-state index contributed by atoms with van der Waals surface area (Å²) in [5.41, 5.74) is 3.27. The summed E-state index contributed by atoms with van der Waals surface area (Å²) >= 11 is 0. The standard InChI is InChI=1S/C28H30N2O5/c1-3-13-35-25-10-5-4-9-22(25)20-15-23(18-11-12-24(31)26(16-18)34-2)30-27(17-20)29-21-8-6-7-19(14-21)28(32)33/h3-5,9-12,15-17,19,21,31H,1,6-8,13-14H2,2H3,(H,29,30)(H,32,33). The minimum absolute atomic E-state index is 0.0158. The predicted octanol–water partition coefficient (Wildman–Crippen LogP) is 5.75. The summed E-state index contributed by atoms with van der Waals surface area (Å²) in [6.45, 7) is 4.12. The Morgan fingerprint density at radius 2 is 1.97 bits per heavy atom. The summed E-state index contributed by atoms with van der Waals surface area (Å²) in [6.07, 6.45) is 4.70. The maximum absolute atomic E-state index is 11.5. The summed E-state index contributed by atoms with van der Waals surface area (Å²) in [5, 5.41) is 23.0. The van der Waals surface area contributed by atoms with E-state index in [1.54, 1.807) is 24.3 Å². The van der Waals surface area contributed by atoms with Gasteiger partial charge in [-0.3, -0.25) is 4.79 Å². The van der Waals surface area contributed by atoms with Gasteiger partial charge < -0.3 is 25.0 Å². The Morgan fingerprint density at radius 3 is 2.74 bits per heavy atom. The van der Waals surface area contributed by atoms with Gasteiger partial charge in [-0.15, -0.1) is 0 Å². The highest BCUT2D eigenvalue weighted by atomic mass is 16.5. The van der Waals surface area contributed by atoms with Crippen molar-refractivity contribution in [3.63, 3.8) is 0 Å². The maximum atomic E-state index is 11.5. The SMILES string of the molecule is C=CCOc1ccccc1-c1cc(NC2CCCC(C(=O)O)C2)nc(-c2ccc(O)c(OC)c2)c1. The van der Waals surface area contributed by atoms with Gasteiger partial charge in [-0.1, -0.05) is 37.3 Å². The number of anilines is 1.